The number of hydrogen-bond acceptors (Lipinski definition) is 4. The molecule has 0 fully saturated rings. The highest BCUT2D eigenvalue weighted by molar-refractivity contribution is 9.10. The van der Waals surface area contributed by atoms with Gasteiger partial charge in [-0.2, -0.15) is 0 Å². The Bertz CT molecular complexity index is 886. The van der Waals surface area contributed by atoms with E-state index in [-0.39, 0.29) is 30.7 Å². The summed E-state index contributed by atoms with van der Waals surface area (Å²) in [6.07, 6.45) is 1.66. The van der Waals surface area contributed by atoms with Crippen molar-refractivity contribution >= 4 is 45.3 Å². The highest BCUT2D eigenvalue weighted by Crippen LogP contribution is 2.26. The predicted octanol–water partition coefficient (Wildman–Crippen LogP) is 3.14. The van der Waals surface area contributed by atoms with Crippen LogP contribution in [0.25, 0.3) is 0 Å². The van der Waals surface area contributed by atoms with Crippen LogP contribution in [0.2, 0.25) is 5.15 Å². The SMILES string of the molecule is CN(Cc1ccc(Cl)nc1)C(=O)CCN1C(=O)c2ccc(Br)cc2C1=O. The summed E-state index contributed by atoms with van der Waals surface area (Å²) < 4.78 is 0.728. The fourth-order valence-corrected chi connectivity index (χ4v) is 3.20. The molecule has 0 unspecified atom stereocenters. The summed E-state index contributed by atoms with van der Waals surface area (Å²) in [6.45, 7) is 0.421. The molecule has 6 nitrogen and oxygen atoms in total. The van der Waals surface area contributed by atoms with Crippen molar-refractivity contribution in [3.05, 3.63) is 62.8 Å². The van der Waals surface area contributed by atoms with Gasteiger partial charge in [0.25, 0.3) is 11.8 Å². The lowest BCUT2D eigenvalue weighted by Gasteiger charge is -2.19. The molecule has 2 heterocycles. The van der Waals surface area contributed by atoms with Gasteiger partial charge in [-0.1, -0.05) is 33.6 Å². The molecule has 0 saturated carbocycles. The minimum absolute atomic E-state index is 0.0476. The predicted molar refractivity (Wildman–Crippen MR) is 99.8 cm³/mol. The van der Waals surface area contributed by atoms with Gasteiger partial charge in [-0.05, 0) is 29.8 Å². The summed E-state index contributed by atoms with van der Waals surface area (Å²) in [4.78, 5) is 43.7. The van der Waals surface area contributed by atoms with E-state index >= 15 is 0 Å². The summed E-state index contributed by atoms with van der Waals surface area (Å²) in [5, 5.41) is 0.389. The first-order chi connectivity index (χ1) is 12.4. The van der Waals surface area contributed by atoms with E-state index in [0.29, 0.717) is 22.8 Å². The van der Waals surface area contributed by atoms with Crippen LogP contribution >= 0.6 is 27.5 Å². The Kier molecular flexibility index (Phi) is 5.38. The lowest BCUT2D eigenvalue weighted by molar-refractivity contribution is -0.130. The molecule has 0 spiro atoms. The van der Waals surface area contributed by atoms with Crippen molar-refractivity contribution in [2.45, 2.75) is 13.0 Å². The molecule has 1 aromatic heterocycles. The molecular weight excluding hydrogens is 422 g/mol. The fraction of sp³-hybridized carbons (Fsp3) is 0.222. The van der Waals surface area contributed by atoms with Crippen molar-refractivity contribution in [1.29, 1.82) is 0 Å². The Hall–Kier alpha value is -2.25. The maximum Gasteiger partial charge on any atom is 0.261 e. The average molecular weight is 437 g/mol. The standard InChI is InChI=1S/C18H15BrClN3O3/c1-22(10-11-2-5-15(20)21-9-11)16(24)6-7-23-17(25)13-4-3-12(19)8-14(13)18(23)26/h2-5,8-9H,6-7,10H2,1H3. The van der Waals surface area contributed by atoms with Crippen LogP contribution in [0.1, 0.15) is 32.7 Å². The highest BCUT2D eigenvalue weighted by Gasteiger charge is 2.35. The summed E-state index contributed by atoms with van der Waals surface area (Å²) >= 11 is 9.04. The topological polar surface area (TPSA) is 70.6 Å². The molecule has 8 heteroatoms. The molecule has 3 rings (SSSR count). The van der Waals surface area contributed by atoms with Crippen LogP contribution in [-0.4, -0.2) is 46.1 Å². The van der Waals surface area contributed by atoms with Crippen molar-refractivity contribution in [2.75, 3.05) is 13.6 Å². The van der Waals surface area contributed by atoms with E-state index in [1.54, 1.807) is 43.6 Å². The van der Waals surface area contributed by atoms with E-state index in [1.165, 1.54) is 4.90 Å². The number of rotatable bonds is 5. The molecule has 0 saturated heterocycles. The van der Waals surface area contributed by atoms with Gasteiger partial charge in [0, 0.05) is 37.2 Å². The highest BCUT2D eigenvalue weighted by atomic mass is 79.9. The smallest absolute Gasteiger partial charge is 0.261 e. The van der Waals surface area contributed by atoms with Crippen LogP contribution < -0.4 is 0 Å². The van der Waals surface area contributed by atoms with E-state index in [2.05, 4.69) is 20.9 Å². The molecule has 1 aliphatic rings. The Morgan fingerprint density at radius 1 is 1.19 bits per heavy atom. The van der Waals surface area contributed by atoms with Crippen LogP contribution in [-0.2, 0) is 11.3 Å². The molecule has 2 aromatic rings. The Labute approximate surface area is 163 Å². The van der Waals surface area contributed by atoms with Crippen molar-refractivity contribution in [3.8, 4) is 0 Å². The molecule has 0 aliphatic carbocycles. The molecule has 1 aromatic carbocycles. The van der Waals surface area contributed by atoms with Crippen molar-refractivity contribution in [3.63, 3.8) is 0 Å². The van der Waals surface area contributed by atoms with Crippen LogP contribution in [0.4, 0.5) is 0 Å². The summed E-state index contributed by atoms with van der Waals surface area (Å²) in [5.74, 6) is -0.906. The Balaban J connectivity index is 1.60. The minimum atomic E-state index is -0.372. The third-order valence-corrected chi connectivity index (χ3v) is 4.83. The number of hydrogen-bond donors (Lipinski definition) is 0. The largest absolute Gasteiger partial charge is 0.341 e. The third-order valence-electron chi connectivity index (χ3n) is 4.12. The van der Waals surface area contributed by atoms with Crippen LogP contribution in [0.5, 0.6) is 0 Å². The molecule has 0 atom stereocenters. The zero-order chi connectivity index (χ0) is 18.8. The first-order valence-electron chi connectivity index (χ1n) is 7.87. The quantitative estimate of drug-likeness (QED) is 0.533. The van der Waals surface area contributed by atoms with Gasteiger partial charge in [-0.25, -0.2) is 4.98 Å². The van der Waals surface area contributed by atoms with Gasteiger partial charge in [-0.15, -0.1) is 0 Å². The Morgan fingerprint density at radius 3 is 2.62 bits per heavy atom. The van der Waals surface area contributed by atoms with E-state index in [4.69, 9.17) is 11.6 Å². The summed E-state index contributed by atoms with van der Waals surface area (Å²) in [6, 6.07) is 8.40. The van der Waals surface area contributed by atoms with Gasteiger partial charge in [0.05, 0.1) is 11.1 Å². The number of imide groups is 1. The minimum Gasteiger partial charge on any atom is -0.341 e. The number of nitrogens with zero attached hydrogens (tertiary/aromatic N) is 3. The van der Waals surface area contributed by atoms with E-state index in [1.807, 2.05) is 0 Å². The molecule has 0 bridgehead atoms. The Morgan fingerprint density at radius 2 is 1.92 bits per heavy atom. The molecule has 134 valence electrons. The number of carbonyl (C=O) groups is 3. The average Bonchev–Trinajstić information content (AvgIpc) is 2.85. The summed E-state index contributed by atoms with van der Waals surface area (Å²) in [5.41, 5.74) is 1.57. The first-order valence-corrected chi connectivity index (χ1v) is 9.04. The molecule has 3 amide bonds. The zero-order valence-corrected chi connectivity index (χ0v) is 16.2. The number of benzene rings is 1. The van der Waals surface area contributed by atoms with Gasteiger partial charge in [0.2, 0.25) is 5.91 Å². The first kappa shape index (κ1) is 18.5. The van der Waals surface area contributed by atoms with Gasteiger partial charge in [0.15, 0.2) is 0 Å². The van der Waals surface area contributed by atoms with Crippen LogP contribution in [0.3, 0.4) is 0 Å². The van der Waals surface area contributed by atoms with Gasteiger partial charge in [0.1, 0.15) is 5.15 Å². The van der Waals surface area contributed by atoms with E-state index in [9.17, 15) is 14.4 Å². The van der Waals surface area contributed by atoms with Gasteiger partial charge >= 0.3 is 0 Å². The number of amides is 3. The van der Waals surface area contributed by atoms with E-state index in [0.717, 1.165) is 14.9 Å². The van der Waals surface area contributed by atoms with Gasteiger partial charge < -0.3 is 4.90 Å². The second kappa shape index (κ2) is 7.55. The fourth-order valence-electron chi connectivity index (χ4n) is 2.73. The number of halogens is 2. The normalized spacial score (nSPS) is 13.1. The monoisotopic (exact) mass is 435 g/mol. The molecule has 0 radical (unpaired) electrons. The van der Waals surface area contributed by atoms with Crippen LogP contribution in [0.15, 0.2) is 41.0 Å². The van der Waals surface area contributed by atoms with Crippen molar-refractivity contribution in [2.24, 2.45) is 0 Å². The molecular formula is C18H15BrClN3O3. The maximum absolute atomic E-state index is 12.4. The van der Waals surface area contributed by atoms with Crippen LogP contribution in [0, 0.1) is 0 Å². The second-order valence-electron chi connectivity index (χ2n) is 5.94. The molecule has 0 N–H and O–H groups in total. The number of aromatic nitrogens is 1. The van der Waals surface area contributed by atoms with Gasteiger partial charge in [-0.3, -0.25) is 19.3 Å². The maximum atomic E-state index is 12.4. The zero-order valence-electron chi connectivity index (χ0n) is 13.9. The number of fused-ring (bicyclic) bond motifs is 1. The number of carbonyl (C=O) groups excluding carboxylic acids is 3. The summed E-state index contributed by atoms with van der Waals surface area (Å²) in [7, 11) is 1.66. The number of pyridine rings is 1. The molecule has 26 heavy (non-hydrogen) atoms. The second-order valence-corrected chi connectivity index (χ2v) is 7.24. The van der Waals surface area contributed by atoms with E-state index < -0.39 is 0 Å². The lowest BCUT2D eigenvalue weighted by atomic mass is 10.1. The lowest BCUT2D eigenvalue weighted by Crippen LogP contribution is -2.35. The van der Waals surface area contributed by atoms with Crippen molar-refractivity contribution < 1.29 is 14.4 Å². The molecule has 1 aliphatic heterocycles. The van der Waals surface area contributed by atoms with Crippen molar-refractivity contribution in [1.82, 2.24) is 14.8 Å². The third kappa shape index (κ3) is 3.78.